The summed E-state index contributed by atoms with van der Waals surface area (Å²) < 4.78 is 0. The van der Waals surface area contributed by atoms with Crippen LogP contribution in [0.2, 0.25) is 0 Å². The molecule has 0 spiro atoms. The van der Waals surface area contributed by atoms with E-state index in [0.29, 0.717) is 33.0 Å². The van der Waals surface area contributed by atoms with E-state index >= 15 is 0 Å². The van der Waals surface area contributed by atoms with Crippen LogP contribution in [-0.4, -0.2) is 54.9 Å². The van der Waals surface area contributed by atoms with Crippen molar-refractivity contribution in [3.05, 3.63) is 45.5 Å². The van der Waals surface area contributed by atoms with Gasteiger partial charge >= 0.3 is 0 Å². The number of phenolic OH excluding ortho intramolecular Hbond substituents is 6. The van der Waals surface area contributed by atoms with Gasteiger partial charge in [0.15, 0.2) is 23.0 Å². The third-order valence-electron chi connectivity index (χ3n) is 8.77. The number of benzene rings is 4. The van der Waals surface area contributed by atoms with E-state index in [4.69, 9.17) is 0 Å². The number of nitrogens with one attached hydrogen (secondary N) is 2. The molecule has 0 heterocycles. The van der Waals surface area contributed by atoms with Crippen molar-refractivity contribution in [3.63, 3.8) is 0 Å². The molecule has 4 rings (SSSR count). The average Bonchev–Trinajstić information content (AvgIpc) is 3.01. The van der Waals surface area contributed by atoms with Crippen LogP contribution in [0.15, 0.2) is 22.3 Å². The predicted molar refractivity (Wildman–Crippen MR) is 196 cm³/mol. The Morgan fingerprint density at radius 2 is 0.880 bits per heavy atom. The molecule has 0 fully saturated rings. The van der Waals surface area contributed by atoms with E-state index in [9.17, 15) is 40.2 Å². The fraction of sp³-hybridized carbons (Fsp3) is 0.368. The summed E-state index contributed by atoms with van der Waals surface area (Å²) in [7, 11) is 0. The van der Waals surface area contributed by atoms with E-state index < -0.39 is 23.0 Å². The van der Waals surface area contributed by atoms with Crippen molar-refractivity contribution < 1.29 is 40.2 Å². The fourth-order valence-corrected chi connectivity index (χ4v) is 6.20. The SMILES string of the molecule is Cc1cc2c(C(C)C)c(O)c(O)c(/C=N\NC(=O)C(C)C)c2c(O)c1-c1c(C)cc2c(C(C)C)c(O)c(O)c(/C=N\NC(=O)C(C)C)c2c1O. The highest BCUT2D eigenvalue weighted by Gasteiger charge is 2.29. The largest absolute Gasteiger partial charge is 0.507 e. The van der Waals surface area contributed by atoms with Crippen LogP contribution in [0.5, 0.6) is 34.5 Å². The number of nitrogens with zero attached hydrogens (tertiary/aromatic N) is 2. The van der Waals surface area contributed by atoms with Crippen LogP contribution in [0, 0.1) is 25.7 Å². The molecule has 0 unspecified atom stereocenters. The molecule has 0 aromatic heterocycles. The number of aromatic hydroxyl groups is 6. The summed E-state index contributed by atoms with van der Waals surface area (Å²) in [5, 5.41) is 78.0. The van der Waals surface area contributed by atoms with E-state index in [2.05, 4.69) is 21.1 Å². The Balaban J connectivity index is 2.17. The monoisotopic (exact) mass is 686 g/mol. The van der Waals surface area contributed by atoms with Crippen LogP contribution in [0.4, 0.5) is 0 Å². The minimum Gasteiger partial charge on any atom is -0.507 e. The maximum atomic E-state index is 12.2. The number of phenols is 6. The molecule has 12 nitrogen and oxygen atoms in total. The van der Waals surface area contributed by atoms with E-state index in [1.807, 2.05) is 27.7 Å². The fourth-order valence-electron chi connectivity index (χ4n) is 6.20. The first-order chi connectivity index (χ1) is 23.3. The van der Waals surface area contributed by atoms with Crippen LogP contribution in [-0.2, 0) is 9.59 Å². The Bertz CT molecular complexity index is 1950. The number of hydrogen-bond donors (Lipinski definition) is 8. The number of aryl methyl sites for hydroxylation is 2. The highest BCUT2D eigenvalue weighted by Crippen LogP contribution is 2.54. The van der Waals surface area contributed by atoms with Crippen LogP contribution in [0.1, 0.15) is 101 Å². The molecule has 266 valence electrons. The minimum atomic E-state index is -0.558. The Morgan fingerprint density at radius 3 is 1.16 bits per heavy atom. The molecule has 0 radical (unpaired) electrons. The van der Waals surface area contributed by atoms with Gasteiger partial charge < -0.3 is 30.6 Å². The molecule has 50 heavy (non-hydrogen) atoms. The third-order valence-corrected chi connectivity index (χ3v) is 8.77. The van der Waals surface area contributed by atoms with Gasteiger partial charge in [-0.15, -0.1) is 0 Å². The summed E-state index contributed by atoms with van der Waals surface area (Å²) in [5.74, 6) is -4.73. The van der Waals surface area contributed by atoms with Crippen molar-refractivity contribution in [2.45, 2.75) is 81.1 Å². The zero-order valence-corrected chi connectivity index (χ0v) is 30.0. The lowest BCUT2D eigenvalue weighted by atomic mass is 9.83. The molecule has 2 amide bonds. The maximum Gasteiger partial charge on any atom is 0.242 e. The van der Waals surface area contributed by atoms with Crippen LogP contribution < -0.4 is 10.9 Å². The summed E-state index contributed by atoms with van der Waals surface area (Å²) in [6.07, 6.45) is 2.28. The van der Waals surface area contributed by atoms with Gasteiger partial charge in [-0.3, -0.25) is 9.59 Å². The quantitative estimate of drug-likeness (QED) is 0.0523. The highest BCUT2D eigenvalue weighted by atomic mass is 16.3. The van der Waals surface area contributed by atoms with Gasteiger partial charge in [0.05, 0.1) is 23.6 Å². The Labute approximate surface area is 290 Å². The summed E-state index contributed by atoms with van der Waals surface area (Å²) in [6, 6.07) is 3.45. The highest BCUT2D eigenvalue weighted by molar-refractivity contribution is 6.15. The van der Waals surface area contributed by atoms with Crippen molar-refractivity contribution in [3.8, 4) is 45.6 Å². The van der Waals surface area contributed by atoms with E-state index in [1.165, 1.54) is 0 Å². The Morgan fingerprint density at radius 1 is 0.560 bits per heavy atom. The number of hydrogen-bond acceptors (Lipinski definition) is 10. The lowest BCUT2D eigenvalue weighted by Gasteiger charge is -2.23. The predicted octanol–water partition coefficient (Wildman–Crippen LogP) is 6.97. The molecular weight excluding hydrogens is 640 g/mol. The first-order valence-electron chi connectivity index (χ1n) is 16.5. The van der Waals surface area contributed by atoms with Crippen molar-refractivity contribution in [1.29, 1.82) is 0 Å². The number of carbonyl (C=O) groups excluding carboxylic acids is 2. The molecule has 0 saturated carbocycles. The number of rotatable bonds is 9. The number of hydrazone groups is 2. The molecule has 0 bridgehead atoms. The number of amides is 2. The normalized spacial score (nSPS) is 12.2. The maximum absolute atomic E-state index is 12.2. The molecule has 0 saturated heterocycles. The standard InChI is InChI=1S/C38H46N4O8/c1-15(2)25-21-11-19(9)27(33(45)29(21)23(31(43)35(25)47)13-39-41-37(49)17(5)6)28-20(10)12-22-26(16(3)4)36(48)32(44)24(30(22)34(28)46)14-40-42-38(50)18(7)8/h11-18,43-48H,1-10H3,(H,41,49)(H,42,50)/b39-13-,40-14-. The van der Waals surface area contributed by atoms with Gasteiger partial charge in [-0.2, -0.15) is 10.2 Å². The lowest BCUT2D eigenvalue weighted by molar-refractivity contribution is -0.124. The second-order valence-corrected chi connectivity index (χ2v) is 13.8. The average molecular weight is 687 g/mol. The molecule has 4 aromatic rings. The first-order valence-corrected chi connectivity index (χ1v) is 16.5. The van der Waals surface area contributed by atoms with Crippen molar-refractivity contribution >= 4 is 45.8 Å². The second-order valence-electron chi connectivity index (χ2n) is 13.8. The van der Waals surface area contributed by atoms with Crippen LogP contribution in [0.3, 0.4) is 0 Å². The molecular formula is C38H46N4O8. The van der Waals surface area contributed by atoms with Gasteiger partial charge in [-0.1, -0.05) is 67.5 Å². The summed E-state index contributed by atoms with van der Waals surface area (Å²) in [6.45, 7) is 17.5. The zero-order valence-electron chi connectivity index (χ0n) is 30.0. The molecule has 0 atom stereocenters. The van der Waals surface area contributed by atoms with Crippen molar-refractivity contribution in [2.75, 3.05) is 0 Å². The topological polar surface area (TPSA) is 204 Å². The molecule has 0 aliphatic carbocycles. The zero-order chi connectivity index (χ0) is 37.5. The van der Waals surface area contributed by atoms with Gasteiger partial charge in [0.25, 0.3) is 0 Å². The first kappa shape index (κ1) is 37.3. The number of fused-ring (bicyclic) bond motifs is 2. The number of carbonyl (C=O) groups is 2. The molecule has 8 N–H and O–H groups in total. The van der Waals surface area contributed by atoms with Crippen molar-refractivity contribution in [1.82, 2.24) is 10.9 Å². The van der Waals surface area contributed by atoms with Gasteiger partial charge in [0, 0.05) is 44.9 Å². The van der Waals surface area contributed by atoms with E-state index in [0.717, 1.165) is 12.4 Å². The van der Waals surface area contributed by atoms with Gasteiger partial charge in [-0.25, -0.2) is 10.9 Å². The summed E-state index contributed by atoms with van der Waals surface area (Å²) in [4.78, 5) is 24.4. The van der Waals surface area contributed by atoms with Gasteiger partial charge in [-0.05, 0) is 47.6 Å². The Hall–Kier alpha value is -5.52. The Kier molecular flexibility index (Phi) is 10.6. The smallest absolute Gasteiger partial charge is 0.242 e. The third kappa shape index (κ3) is 6.45. The summed E-state index contributed by atoms with van der Waals surface area (Å²) in [5.41, 5.74) is 6.75. The van der Waals surface area contributed by atoms with E-state index in [1.54, 1.807) is 53.7 Å². The van der Waals surface area contributed by atoms with E-state index in [-0.39, 0.29) is 80.0 Å². The minimum absolute atomic E-state index is 0.0685. The molecule has 12 heteroatoms. The van der Waals surface area contributed by atoms with Gasteiger partial charge in [0.2, 0.25) is 11.8 Å². The van der Waals surface area contributed by atoms with Crippen LogP contribution in [0.25, 0.3) is 32.7 Å². The molecule has 4 aromatic carbocycles. The summed E-state index contributed by atoms with van der Waals surface area (Å²) >= 11 is 0. The van der Waals surface area contributed by atoms with Gasteiger partial charge in [0.1, 0.15) is 11.5 Å². The second kappa shape index (κ2) is 14.1. The molecule has 0 aliphatic rings. The molecule has 0 aliphatic heterocycles. The van der Waals surface area contributed by atoms with Crippen LogP contribution >= 0.6 is 0 Å². The van der Waals surface area contributed by atoms with Crippen molar-refractivity contribution in [2.24, 2.45) is 22.0 Å². The lowest BCUT2D eigenvalue weighted by Crippen LogP contribution is -2.22.